The molecule has 0 aliphatic carbocycles. The number of imidazole rings is 1. The molecule has 0 saturated heterocycles. The zero-order valence-corrected chi connectivity index (χ0v) is 19.1. The van der Waals surface area contributed by atoms with E-state index in [4.69, 9.17) is 0 Å². The quantitative estimate of drug-likeness (QED) is 0.356. The molecule has 0 saturated carbocycles. The fourth-order valence-electron chi connectivity index (χ4n) is 3.93. The van der Waals surface area contributed by atoms with Gasteiger partial charge < -0.3 is 0 Å². The summed E-state index contributed by atoms with van der Waals surface area (Å²) in [5.74, 6) is 2.43. The van der Waals surface area contributed by atoms with Crippen molar-refractivity contribution < 1.29 is 0 Å². The summed E-state index contributed by atoms with van der Waals surface area (Å²) in [6, 6.07) is 16.2. The summed E-state index contributed by atoms with van der Waals surface area (Å²) in [6.45, 7) is 6.87. The van der Waals surface area contributed by atoms with E-state index in [1.54, 1.807) is 16.3 Å². The molecule has 0 aliphatic heterocycles. The molecule has 0 radical (unpaired) electrons. The lowest BCUT2D eigenvalue weighted by Crippen LogP contribution is -2.22. The summed E-state index contributed by atoms with van der Waals surface area (Å²) in [6.07, 6.45) is 3.78. The van der Waals surface area contributed by atoms with Crippen LogP contribution >= 0.6 is 11.8 Å². The van der Waals surface area contributed by atoms with Crippen LogP contribution in [0.2, 0.25) is 0 Å². The Morgan fingerprint density at radius 2 is 1.81 bits per heavy atom. The maximum absolute atomic E-state index is 12.9. The summed E-state index contributed by atoms with van der Waals surface area (Å²) in [4.78, 5) is 17.4. The number of fused-ring (bicyclic) bond motifs is 3. The smallest absolute Gasteiger partial charge is 0.262 e. The van der Waals surface area contributed by atoms with Gasteiger partial charge in [0.25, 0.3) is 5.56 Å². The van der Waals surface area contributed by atoms with Gasteiger partial charge in [0.15, 0.2) is 5.16 Å². The highest BCUT2D eigenvalue weighted by molar-refractivity contribution is 7.98. The van der Waals surface area contributed by atoms with Crippen molar-refractivity contribution >= 4 is 28.4 Å². The number of nitrogens with zero attached hydrogens (tertiary/aromatic N) is 6. The second-order valence-corrected chi connectivity index (χ2v) is 8.88. The maximum atomic E-state index is 12.9. The van der Waals surface area contributed by atoms with Crippen LogP contribution in [-0.4, -0.2) is 28.7 Å². The van der Waals surface area contributed by atoms with Gasteiger partial charge in [-0.3, -0.25) is 18.3 Å². The highest BCUT2D eigenvalue weighted by Crippen LogP contribution is 2.26. The molecule has 3 aromatic heterocycles. The number of benzene rings is 2. The number of para-hydroxylation sites is 1. The third kappa shape index (κ3) is 3.40. The first kappa shape index (κ1) is 20.5. The third-order valence-electron chi connectivity index (χ3n) is 5.67. The van der Waals surface area contributed by atoms with Gasteiger partial charge in [0.2, 0.25) is 5.78 Å². The minimum Gasteiger partial charge on any atom is -0.295 e. The summed E-state index contributed by atoms with van der Waals surface area (Å²) in [7, 11) is 0. The van der Waals surface area contributed by atoms with Gasteiger partial charge in [-0.1, -0.05) is 49.9 Å². The Labute approximate surface area is 189 Å². The third-order valence-corrected chi connectivity index (χ3v) is 6.63. The van der Waals surface area contributed by atoms with Crippen LogP contribution in [0.1, 0.15) is 38.1 Å². The van der Waals surface area contributed by atoms with E-state index in [9.17, 15) is 4.79 Å². The fourth-order valence-corrected chi connectivity index (χ4v) is 4.82. The second kappa shape index (κ2) is 8.27. The van der Waals surface area contributed by atoms with Crippen LogP contribution in [0.3, 0.4) is 0 Å². The summed E-state index contributed by atoms with van der Waals surface area (Å²) in [5, 5.41) is 10.3. The largest absolute Gasteiger partial charge is 0.295 e. The molecule has 0 spiro atoms. The molecule has 162 valence electrons. The van der Waals surface area contributed by atoms with Gasteiger partial charge in [0.1, 0.15) is 5.82 Å². The first-order valence-corrected chi connectivity index (χ1v) is 11.7. The molecule has 32 heavy (non-hydrogen) atoms. The van der Waals surface area contributed by atoms with Crippen LogP contribution in [0.4, 0.5) is 0 Å². The Hall–Kier alpha value is -3.39. The summed E-state index contributed by atoms with van der Waals surface area (Å²) >= 11 is 1.60. The van der Waals surface area contributed by atoms with Crippen molar-refractivity contribution in [2.45, 2.75) is 44.1 Å². The number of rotatable bonds is 6. The van der Waals surface area contributed by atoms with Crippen LogP contribution in [0.25, 0.3) is 22.4 Å². The number of aryl methyl sites for hydroxylation is 1. The Morgan fingerprint density at radius 3 is 2.56 bits per heavy atom. The molecule has 5 rings (SSSR count). The average Bonchev–Trinajstić information content (AvgIpc) is 3.45. The lowest BCUT2D eigenvalue weighted by molar-refractivity contribution is 0.735. The van der Waals surface area contributed by atoms with E-state index in [2.05, 4.69) is 57.9 Å². The Morgan fingerprint density at radius 1 is 1.03 bits per heavy atom. The number of aromatic nitrogens is 6. The molecule has 0 N–H and O–H groups in total. The topological polar surface area (TPSA) is 70.0 Å². The van der Waals surface area contributed by atoms with Crippen LogP contribution in [-0.2, 0) is 12.3 Å². The monoisotopic (exact) mass is 444 g/mol. The van der Waals surface area contributed by atoms with Crippen molar-refractivity contribution in [3.8, 4) is 5.69 Å². The van der Waals surface area contributed by atoms with Gasteiger partial charge in [-0.2, -0.15) is 0 Å². The van der Waals surface area contributed by atoms with Gasteiger partial charge in [-0.15, -0.1) is 10.2 Å². The van der Waals surface area contributed by atoms with Gasteiger partial charge in [-0.25, -0.2) is 4.98 Å². The highest BCUT2D eigenvalue weighted by Gasteiger charge is 2.16. The zero-order chi connectivity index (χ0) is 22.2. The molecule has 0 amide bonds. The first-order chi connectivity index (χ1) is 15.6. The normalized spacial score (nSPS) is 11.8. The van der Waals surface area contributed by atoms with E-state index in [-0.39, 0.29) is 5.56 Å². The van der Waals surface area contributed by atoms with E-state index < -0.39 is 0 Å². The number of hydrogen-bond acceptors (Lipinski definition) is 5. The van der Waals surface area contributed by atoms with Gasteiger partial charge in [0, 0.05) is 24.6 Å². The molecule has 0 fully saturated rings. The van der Waals surface area contributed by atoms with E-state index in [0.29, 0.717) is 29.4 Å². The summed E-state index contributed by atoms with van der Waals surface area (Å²) in [5.41, 5.74) is 3.17. The lowest BCUT2D eigenvalue weighted by atomic mass is 10.0. The number of thioether (sulfide) groups is 1. The molecule has 0 atom stereocenters. The van der Waals surface area contributed by atoms with Crippen LogP contribution in [0.5, 0.6) is 0 Å². The molecule has 0 unspecified atom stereocenters. The van der Waals surface area contributed by atoms with Gasteiger partial charge in [0.05, 0.1) is 16.7 Å². The minimum absolute atomic E-state index is 0.0393. The number of hydrogen-bond donors (Lipinski definition) is 0. The molecule has 3 heterocycles. The van der Waals surface area contributed by atoms with Crippen LogP contribution < -0.4 is 5.56 Å². The molecule has 5 aromatic rings. The van der Waals surface area contributed by atoms with Crippen molar-refractivity contribution in [3.05, 3.63) is 82.7 Å². The first-order valence-electron chi connectivity index (χ1n) is 10.7. The highest BCUT2D eigenvalue weighted by atomic mass is 32.2. The predicted molar refractivity (Wildman–Crippen MR) is 128 cm³/mol. The Kier molecular flexibility index (Phi) is 5.30. The molecule has 0 aliphatic rings. The Balaban J connectivity index is 1.51. The molecule has 0 bridgehead atoms. The van der Waals surface area contributed by atoms with Crippen molar-refractivity contribution in [2.75, 3.05) is 0 Å². The molecule has 2 aromatic carbocycles. The zero-order valence-electron chi connectivity index (χ0n) is 18.3. The molecular weight excluding hydrogens is 420 g/mol. The van der Waals surface area contributed by atoms with Gasteiger partial charge in [-0.05, 0) is 42.7 Å². The van der Waals surface area contributed by atoms with Crippen molar-refractivity contribution in [3.63, 3.8) is 0 Å². The predicted octanol–water partition coefficient (Wildman–Crippen LogP) is 4.67. The second-order valence-electron chi connectivity index (χ2n) is 7.93. The SMILES string of the molecule is CCn1c(=O)c2ccccc2n2c(CSc3nccn3-c3ccc(C(C)C)cc3)nnc12. The lowest BCUT2D eigenvalue weighted by Gasteiger charge is -2.11. The average molecular weight is 445 g/mol. The molecular formula is C24H24N6OS. The minimum atomic E-state index is -0.0393. The van der Waals surface area contributed by atoms with Crippen molar-refractivity contribution in [1.29, 1.82) is 0 Å². The fraction of sp³-hybridized carbons (Fsp3) is 0.250. The van der Waals surface area contributed by atoms with Crippen LogP contribution in [0, 0.1) is 0 Å². The summed E-state index contributed by atoms with van der Waals surface area (Å²) < 4.78 is 5.73. The molecule has 7 nitrogen and oxygen atoms in total. The van der Waals surface area contributed by atoms with E-state index in [1.807, 2.05) is 48.0 Å². The van der Waals surface area contributed by atoms with Crippen LogP contribution in [0.15, 0.2) is 70.9 Å². The van der Waals surface area contributed by atoms with E-state index in [1.165, 1.54) is 5.56 Å². The van der Waals surface area contributed by atoms with Crippen molar-refractivity contribution in [1.82, 2.24) is 28.7 Å². The maximum Gasteiger partial charge on any atom is 0.262 e. The van der Waals surface area contributed by atoms with Crippen molar-refractivity contribution in [2.24, 2.45) is 0 Å². The standard InChI is InChI=1S/C24H24N6OS/c1-4-28-22(31)19-7-5-6-8-20(19)30-21(26-27-23(28)30)15-32-24-25-13-14-29(24)18-11-9-17(10-12-18)16(2)3/h5-14,16H,4,15H2,1-3H3. The van der Waals surface area contributed by atoms with Gasteiger partial charge >= 0.3 is 0 Å². The van der Waals surface area contributed by atoms with E-state index >= 15 is 0 Å². The molecule has 8 heteroatoms. The Bertz CT molecular complexity index is 1460. The van der Waals surface area contributed by atoms with E-state index in [0.717, 1.165) is 22.2 Å².